The van der Waals surface area contributed by atoms with E-state index in [-0.39, 0.29) is 22.2 Å². The summed E-state index contributed by atoms with van der Waals surface area (Å²) in [6.07, 6.45) is 0. The van der Waals surface area contributed by atoms with Crippen molar-refractivity contribution >= 4 is 29.2 Å². The van der Waals surface area contributed by atoms with Gasteiger partial charge in [-0.1, -0.05) is 35.4 Å². The van der Waals surface area contributed by atoms with E-state index in [1.165, 1.54) is 18.2 Å². The van der Waals surface area contributed by atoms with Crippen LogP contribution < -0.4 is 5.32 Å². The number of benzene rings is 2. The number of carboxylic acid groups (broad SMARTS) is 1. The van der Waals surface area contributed by atoms with Crippen LogP contribution in [0.2, 0.25) is 5.02 Å². The van der Waals surface area contributed by atoms with E-state index in [2.05, 4.69) is 5.32 Å². The smallest absolute Gasteiger partial charge is 0.337 e. The Morgan fingerprint density at radius 1 is 1.10 bits per heavy atom. The van der Waals surface area contributed by atoms with Gasteiger partial charge in [0.1, 0.15) is 0 Å². The molecule has 108 valence electrons. The van der Waals surface area contributed by atoms with E-state index >= 15 is 0 Å². The highest BCUT2D eigenvalue weighted by Crippen LogP contribution is 2.27. The summed E-state index contributed by atoms with van der Waals surface area (Å²) in [4.78, 5) is 23.6. The fourth-order valence-corrected chi connectivity index (χ4v) is 2.21. The number of aryl methyl sites for hydroxylation is 2. The summed E-state index contributed by atoms with van der Waals surface area (Å²) in [5, 5.41) is 11.9. The number of anilines is 1. The first-order valence-electron chi connectivity index (χ1n) is 6.30. The van der Waals surface area contributed by atoms with E-state index in [0.29, 0.717) is 5.56 Å². The third kappa shape index (κ3) is 3.23. The molecule has 0 aliphatic heterocycles. The highest BCUT2D eigenvalue weighted by atomic mass is 35.5. The average Bonchev–Trinajstić information content (AvgIpc) is 2.43. The Kier molecular flexibility index (Phi) is 4.29. The highest BCUT2D eigenvalue weighted by molar-refractivity contribution is 6.34. The van der Waals surface area contributed by atoms with E-state index in [1.54, 1.807) is 6.07 Å². The SMILES string of the molecule is Cc1ccc(C)c(C(=O)Nc2c(Cl)cccc2C(=O)O)c1. The minimum absolute atomic E-state index is 0.0406. The van der Waals surface area contributed by atoms with Crippen LogP contribution in [-0.4, -0.2) is 17.0 Å². The molecule has 1 amide bonds. The molecular weight excluding hydrogens is 290 g/mol. The van der Waals surface area contributed by atoms with Gasteiger partial charge in [0.15, 0.2) is 0 Å². The van der Waals surface area contributed by atoms with Crippen molar-refractivity contribution in [3.8, 4) is 0 Å². The van der Waals surface area contributed by atoms with Crippen LogP contribution in [0.4, 0.5) is 5.69 Å². The van der Waals surface area contributed by atoms with Gasteiger partial charge in [-0.3, -0.25) is 4.79 Å². The van der Waals surface area contributed by atoms with Crippen molar-refractivity contribution < 1.29 is 14.7 Å². The topological polar surface area (TPSA) is 66.4 Å². The molecule has 0 heterocycles. The first-order valence-corrected chi connectivity index (χ1v) is 6.68. The first-order chi connectivity index (χ1) is 9.90. The number of carboxylic acids is 1. The molecule has 2 aromatic rings. The van der Waals surface area contributed by atoms with Crippen molar-refractivity contribution in [2.45, 2.75) is 13.8 Å². The van der Waals surface area contributed by atoms with Crippen LogP contribution in [0.25, 0.3) is 0 Å². The minimum Gasteiger partial charge on any atom is -0.478 e. The number of carbonyl (C=O) groups excluding carboxylic acids is 1. The zero-order valence-electron chi connectivity index (χ0n) is 11.6. The van der Waals surface area contributed by atoms with Gasteiger partial charge in [0.05, 0.1) is 16.3 Å². The molecule has 0 unspecified atom stereocenters. The van der Waals surface area contributed by atoms with Crippen molar-refractivity contribution in [1.29, 1.82) is 0 Å². The molecule has 0 aromatic heterocycles. The predicted octanol–water partition coefficient (Wildman–Crippen LogP) is 3.91. The maximum absolute atomic E-state index is 12.4. The van der Waals surface area contributed by atoms with Crippen LogP contribution in [-0.2, 0) is 0 Å². The quantitative estimate of drug-likeness (QED) is 0.903. The Morgan fingerprint density at radius 3 is 2.48 bits per heavy atom. The van der Waals surface area contributed by atoms with Crippen LogP contribution in [0.3, 0.4) is 0 Å². The second kappa shape index (κ2) is 5.97. The van der Waals surface area contributed by atoms with Gasteiger partial charge >= 0.3 is 5.97 Å². The lowest BCUT2D eigenvalue weighted by Crippen LogP contribution is -2.16. The van der Waals surface area contributed by atoms with Gasteiger partial charge in [-0.05, 0) is 37.6 Å². The highest BCUT2D eigenvalue weighted by Gasteiger charge is 2.17. The molecule has 0 bridgehead atoms. The number of aromatic carboxylic acids is 1. The Hall–Kier alpha value is -2.33. The van der Waals surface area contributed by atoms with Gasteiger partial charge in [0.25, 0.3) is 5.91 Å². The largest absolute Gasteiger partial charge is 0.478 e. The number of nitrogens with one attached hydrogen (secondary N) is 1. The van der Waals surface area contributed by atoms with Crippen molar-refractivity contribution in [2.24, 2.45) is 0 Å². The Balaban J connectivity index is 2.41. The second-order valence-corrected chi connectivity index (χ2v) is 5.15. The van der Waals surface area contributed by atoms with Crippen molar-refractivity contribution in [2.75, 3.05) is 5.32 Å². The maximum atomic E-state index is 12.4. The number of halogens is 1. The summed E-state index contributed by atoms with van der Waals surface area (Å²) in [5.74, 6) is -1.53. The molecule has 0 atom stereocenters. The lowest BCUT2D eigenvalue weighted by Gasteiger charge is -2.12. The van der Waals surface area contributed by atoms with E-state index in [4.69, 9.17) is 16.7 Å². The average molecular weight is 304 g/mol. The summed E-state index contributed by atoms with van der Waals surface area (Å²) < 4.78 is 0. The molecule has 0 saturated carbocycles. The third-order valence-electron chi connectivity index (χ3n) is 3.12. The zero-order chi connectivity index (χ0) is 15.6. The van der Waals surface area contributed by atoms with Gasteiger partial charge in [-0.2, -0.15) is 0 Å². The van der Waals surface area contributed by atoms with E-state index < -0.39 is 5.97 Å². The van der Waals surface area contributed by atoms with Crippen LogP contribution in [0.15, 0.2) is 36.4 Å². The molecule has 21 heavy (non-hydrogen) atoms. The van der Waals surface area contributed by atoms with Gasteiger partial charge in [0, 0.05) is 5.56 Å². The first kappa shape index (κ1) is 15.1. The van der Waals surface area contributed by atoms with E-state index in [9.17, 15) is 9.59 Å². The fraction of sp³-hybridized carbons (Fsp3) is 0.125. The van der Waals surface area contributed by atoms with Gasteiger partial charge in [-0.25, -0.2) is 4.79 Å². The number of carbonyl (C=O) groups is 2. The molecule has 0 saturated heterocycles. The summed E-state index contributed by atoms with van der Waals surface area (Å²) in [6.45, 7) is 3.70. The normalized spacial score (nSPS) is 10.2. The van der Waals surface area contributed by atoms with E-state index in [1.807, 2.05) is 26.0 Å². The molecule has 5 heteroatoms. The standard InChI is InChI=1S/C16H14ClNO3/c1-9-6-7-10(2)12(8-9)15(19)18-14-11(16(20)21)4-3-5-13(14)17/h3-8H,1-2H3,(H,18,19)(H,20,21). The Bertz CT molecular complexity index is 725. The summed E-state index contributed by atoms with van der Waals surface area (Å²) >= 11 is 6.00. The zero-order valence-corrected chi connectivity index (χ0v) is 12.4. The van der Waals surface area contributed by atoms with E-state index in [0.717, 1.165) is 11.1 Å². The van der Waals surface area contributed by atoms with Gasteiger partial charge in [0.2, 0.25) is 0 Å². The molecule has 2 N–H and O–H groups in total. The number of para-hydroxylation sites is 1. The van der Waals surface area contributed by atoms with Crippen LogP contribution in [0.5, 0.6) is 0 Å². The predicted molar refractivity (Wildman–Crippen MR) is 82.3 cm³/mol. The Morgan fingerprint density at radius 2 is 1.81 bits per heavy atom. The molecule has 2 rings (SSSR count). The molecule has 0 aliphatic carbocycles. The molecule has 0 radical (unpaired) electrons. The summed E-state index contributed by atoms with van der Waals surface area (Å²) in [5.41, 5.74) is 2.32. The molecule has 0 fully saturated rings. The number of rotatable bonds is 3. The Labute approximate surface area is 127 Å². The number of hydrogen-bond donors (Lipinski definition) is 2. The molecule has 4 nitrogen and oxygen atoms in total. The van der Waals surface area contributed by atoms with Crippen LogP contribution in [0, 0.1) is 13.8 Å². The molecule has 0 spiro atoms. The summed E-state index contributed by atoms with van der Waals surface area (Å²) in [6, 6.07) is 9.96. The minimum atomic E-state index is -1.14. The van der Waals surface area contributed by atoms with Crippen LogP contribution >= 0.6 is 11.6 Å². The number of amides is 1. The van der Waals surface area contributed by atoms with Crippen LogP contribution in [0.1, 0.15) is 31.8 Å². The maximum Gasteiger partial charge on any atom is 0.337 e. The number of hydrogen-bond acceptors (Lipinski definition) is 2. The molecular formula is C16H14ClNO3. The van der Waals surface area contributed by atoms with Gasteiger partial charge < -0.3 is 10.4 Å². The monoisotopic (exact) mass is 303 g/mol. The van der Waals surface area contributed by atoms with Gasteiger partial charge in [-0.15, -0.1) is 0 Å². The molecule has 2 aromatic carbocycles. The summed E-state index contributed by atoms with van der Waals surface area (Å²) in [7, 11) is 0. The third-order valence-corrected chi connectivity index (χ3v) is 3.44. The lowest BCUT2D eigenvalue weighted by molar-refractivity contribution is 0.0698. The molecule has 0 aliphatic rings. The van der Waals surface area contributed by atoms with Crippen molar-refractivity contribution in [3.63, 3.8) is 0 Å². The van der Waals surface area contributed by atoms with Crippen molar-refractivity contribution in [1.82, 2.24) is 0 Å². The van der Waals surface area contributed by atoms with Crippen molar-refractivity contribution in [3.05, 3.63) is 63.7 Å². The lowest BCUT2D eigenvalue weighted by atomic mass is 10.0. The second-order valence-electron chi connectivity index (χ2n) is 4.74. The fourth-order valence-electron chi connectivity index (χ4n) is 1.99.